The number of carbonyl (C=O) groups is 2. The average molecular weight is 599 g/mol. The van der Waals surface area contributed by atoms with Gasteiger partial charge in [-0.2, -0.15) is 17.7 Å². The van der Waals surface area contributed by atoms with Crippen LogP contribution in [0.25, 0.3) is 21.8 Å². The van der Waals surface area contributed by atoms with E-state index in [9.17, 15) is 36.3 Å². The van der Waals surface area contributed by atoms with Gasteiger partial charge in [-0.15, -0.1) is 0 Å². The molecule has 0 bridgehead atoms. The molecule has 4 aromatic rings. The molecular formula is C25H21F3N2O8S2. The third-order valence-electron chi connectivity index (χ3n) is 5.68. The fourth-order valence-electron chi connectivity index (χ4n) is 3.81. The van der Waals surface area contributed by atoms with Crippen molar-refractivity contribution in [3.63, 3.8) is 0 Å². The number of carboxylic acids is 1. The van der Waals surface area contributed by atoms with Crippen molar-refractivity contribution in [2.75, 3.05) is 6.54 Å². The number of carboxylic acid groups (broad SMARTS) is 1. The topological polar surface area (TPSA) is 153 Å². The molecule has 0 fully saturated rings. The number of amides is 1. The highest BCUT2D eigenvalue weighted by atomic mass is 32.2. The molecule has 1 heterocycles. The first-order valence-corrected chi connectivity index (χ1v) is 14.0. The summed E-state index contributed by atoms with van der Waals surface area (Å²) in [4.78, 5) is 25.2. The summed E-state index contributed by atoms with van der Waals surface area (Å²) in [5, 5.41) is 10.5. The second-order valence-corrected chi connectivity index (χ2v) is 11.6. The number of nitrogens with zero attached hydrogens (tertiary/aromatic N) is 2. The number of hydrogen-bond acceptors (Lipinski definition) is 7. The zero-order valence-corrected chi connectivity index (χ0v) is 22.4. The molecular weight excluding hydrogens is 577 g/mol. The molecule has 0 saturated heterocycles. The Bertz CT molecular complexity index is 1770. The number of aryl methyl sites for hydroxylation is 2. The first-order chi connectivity index (χ1) is 18.5. The number of aromatic nitrogens is 1. The van der Waals surface area contributed by atoms with Gasteiger partial charge in [0.05, 0.1) is 21.2 Å². The summed E-state index contributed by atoms with van der Waals surface area (Å²) in [7, 11) is -8.64. The first-order valence-electron chi connectivity index (χ1n) is 11.1. The number of rotatable bonds is 5. The van der Waals surface area contributed by atoms with Gasteiger partial charge in [-0.1, -0.05) is 42.0 Å². The van der Waals surface area contributed by atoms with Gasteiger partial charge < -0.3 is 9.66 Å². The molecule has 0 saturated carbocycles. The zero-order chi connectivity index (χ0) is 30.0. The summed E-state index contributed by atoms with van der Waals surface area (Å²) in [6.07, 6.45) is 0. The van der Waals surface area contributed by atoms with E-state index in [0.29, 0.717) is 15.1 Å². The molecule has 0 aliphatic heterocycles. The largest absolute Gasteiger partial charge is 0.741 e. The van der Waals surface area contributed by atoms with Gasteiger partial charge in [-0.3, -0.25) is 9.59 Å². The molecule has 0 radical (unpaired) electrons. The Morgan fingerprint density at radius 1 is 0.875 bits per heavy atom. The van der Waals surface area contributed by atoms with Gasteiger partial charge >= 0.3 is 11.5 Å². The van der Waals surface area contributed by atoms with Gasteiger partial charge in [-0.25, -0.2) is 21.1 Å². The van der Waals surface area contributed by atoms with Crippen molar-refractivity contribution in [1.82, 2.24) is 4.31 Å². The minimum Gasteiger partial charge on any atom is -0.741 e. The number of pyridine rings is 1. The summed E-state index contributed by atoms with van der Waals surface area (Å²) >= 11 is 0. The van der Waals surface area contributed by atoms with E-state index in [1.807, 2.05) is 35.9 Å². The molecule has 1 N–H and O–H groups in total. The lowest BCUT2D eigenvalue weighted by molar-refractivity contribution is -0.617. The van der Waals surface area contributed by atoms with Crippen molar-refractivity contribution in [2.24, 2.45) is 7.05 Å². The third kappa shape index (κ3) is 6.21. The van der Waals surface area contributed by atoms with Gasteiger partial charge in [0.2, 0.25) is 11.0 Å². The number of benzene rings is 3. The molecule has 4 rings (SSSR count). The van der Waals surface area contributed by atoms with E-state index in [-0.39, 0.29) is 10.5 Å². The molecule has 40 heavy (non-hydrogen) atoms. The van der Waals surface area contributed by atoms with E-state index >= 15 is 0 Å². The van der Waals surface area contributed by atoms with Crippen LogP contribution in [-0.4, -0.2) is 54.7 Å². The number of hydrogen-bond donors (Lipinski definition) is 1. The summed E-state index contributed by atoms with van der Waals surface area (Å²) in [5.41, 5.74) is -3.22. The molecule has 212 valence electrons. The van der Waals surface area contributed by atoms with E-state index < -0.39 is 44.1 Å². The van der Waals surface area contributed by atoms with E-state index in [0.717, 1.165) is 16.6 Å². The number of halogens is 3. The quantitative estimate of drug-likeness (QED) is 0.159. The van der Waals surface area contributed by atoms with Crippen molar-refractivity contribution in [3.05, 3.63) is 83.9 Å². The van der Waals surface area contributed by atoms with Crippen molar-refractivity contribution in [1.29, 1.82) is 0 Å². The normalized spacial score (nSPS) is 12.1. The van der Waals surface area contributed by atoms with Crippen LogP contribution in [0.3, 0.4) is 0 Å². The van der Waals surface area contributed by atoms with Gasteiger partial charge in [0.25, 0.3) is 15.9 Å². The van der Waals surface area contributed by atoms with Crippen LogP contribution in [0.1, 0.15) is 15.9 Å². The Morgan fingerprint density at radius 2 is 1.30 bits per heavy atom. The van der Waals surface area contributed by atoms with E-state index in [1.165, 1.54) is 12.1 Å². The van der Waals surface area contributed by atoms with Crippen molar-refractivity contribution in [2.45, 2.75) is 17.3 Å². The SMILES string of the molecule is Cc1ccc(S(=O)(=O)N(CC(=O)O)C(=O)c2c3ccccc3[n+](C)c3ccccc23)cc1.O=S(=O)([O-])C(F)(F)F. The van der Waals surface area contributed by atoms with E-state index in [2.05, 4.69) is 0 Å². The number of para-hydroxylation sites is 2. The lowest BCUT2D eigenvalue weighted by Gasteiger charge is -2.22. The monoisotopic (exact) mass is 598 g/mol. The standard InChI is InChI=1S/C24H20N2O5S.CHF3O3S/c1-16-11-13-17(14-12-16)32(30,31)26(15-22(27)28)24(29)23-18-7-3-5-9-20(18)25(2)21-10-6-4-8-19(21)23;2-1(3,4)8(5,6)7/h3-14H,15H2,1-2H3;(H,5,6,7). The summed E-state index contributed by atoms with van der Waals surface area (Å²) in [6, 6.07) is 20.2. The molecule has 0 unspecified atom stereocenters. The number of carbonyl (C=O) groups excluding carboxylic acids is 1. The van der Waals surface area contributed by atoms with Crippen LogP contribution < -0.4 is 4.57 Å². The lowest BCUT2D eigenvalue weighted by atomic mass is 10.0. The molecule has 10 nitrogen and oxygen atoms in total. The molecule has 0 atom stereocenters. The highest BCUT2D eigenvalue weighted by Gasteiger charge is 2.37. The molecule has 15 heteroatoms. The maximum Gasteiger partial charge on any atom is 0.485 e. The predicted molar refractivity (Wildman–Crippen MR) is 135 cm³/mol. The lowest BCUT2D eigenvalue weighted by Crippen LogP contribution is -2.41. The Labute approximate surface area is 226 Å². The maximum absolute atomic E-state index is 13.8. The summed E-state index contributed by atoms with van der Waals surface area (Å²) in [5.74, 6) is -2.31. The Kier molecular flexibility index (Phi) is 8.52. The van der Waals surface area contributed by atoms with Crippen LogP contribution in [0.5, 0.6) is 0 Å². The fourth-order valence-corrected chi connectivity index (χ4v) is 5.14. The Balaban J connectivity index is 0.000000482. The smallest absolute Gasteiger partial charge is 0.485 e. The number of aliphatic carboxylic acids is 1. The zero-order valence-electron chi connectivity index (χ0n) is 20.8. The second kappa shape index (κ2) is 11.2. The van der Waals surface area contributed by atoms with E-state index in [1.54, 1.807) is 43.3 Å². The second-order valence-electron chi connectivity index (χ2n) is 8.39. The molecule has 1 aromatic heterocycles. The molecule has 0 aliphatic rings. The summed E-state index contributed by atoms with van der Waals surface area (Å²) < 4.78 is 88.0. The van der Waals surface area contributed by atoms with Crippen LogP contribution in [0, 0.1) is 6.92 Å². The number of fused-ring (bicyclic) bond motifs is 2. The molecule has 3 aromatic carbocycles. The first kappa shape index (κ1) is 30.5. The Hall–Kier alpha value is -4.08. The van der Waals surface area contributed by atoms with Gasteiger partial charge in [0.15, 0.2) is 10.1 Å². The van der Waals surface area contributed by atoms with E-state index in [4.69, 9.17) is 13.0 Å². The van der Waals surface area contributed by atoms with Crippen molar-refractivity contribution in [3.8, 4) is 0 Å². The van der Waals surface area contributed by atoms with Gasteiger partial charge in [0, 0.05) is 12.1 Å². The van der Waals surface area contributed by atoms with Crippen LogP contribution in [0.2, 0.25) is 0 Å². The van der Waals surface area contributed by atoms with Crippen LogP contribution >= 0.6 is 0 Å². The number of alkyl halides is 3. The molecule has 0 aliphatic carbocycles. The number of sulfonamides is 1. The van der Waals surface area contributed by atoms with Gasteiger partial charge in [-0.05, 0) is 31.2 Å². The predicted octanol–water partition coefficient (Wildman–Crippen LogP) is 3.09. The third-order valence-corrected chi connectivity index (χ3v) is 7.99. The summed E-state index contributed by atoms with van der Waals surface area (Å²) in [6.45, 7) is 0.817. The Morgan fingerprint density at radius 3 is 1.70 bits per heavy atom. The molecule has 0 spiro atoms. The minimum atomic E-state index is -6.09. The minimum absolute atomic E-state index is 0.145. The van der Waals surface area contributed by atoms with Gasteiger partial charge in [0.1, 0.15) is 13.6 Å². The van der Waals surface area contributed by atoms with Crippen LogP contribution in [0.4, 0.5) is 13.2 Å². The fraction of sp³-hybridized carbons (Fsp3) is 0.160. The highest BCUT2D eigenvalue weighted by molar-refractivity contribution is 7.89. The average Bonchev–Trinajstić information content (AvgIpc) is 2.87. The maximum atomic E-state index is 13.8. The van der Waals surface area contributed by atoms with Crippen molar-refractivity contribution >= 4 is 53.8 Å². The van der Waals surface area contributed by atoms with Crippen LogP contribution in [0.15, 0.2) is 77.7 Å². The highest BCUT2D eigenvalue weighted by Crippen LogP contribution is 2.28. The molecule has 1 amide bonds. The van der Waals surface area contributed by atoms with Crippen LogP contribution in [-0.2, 0) is 32.0 Å². The van der Waals surface area contributed by atoms with Crippen molar-refractivity contribution < 1.29 is 53.8 Å².